The molecule has 4 N–H and O–H groups in total. The van der Waals surface area contributed by atoms with Gasteiger partial charge in [0, 0.05) is 11.0 Å². The van der Waals surface area contributed by atoms with Crippen molar-refractivity contribution >= 4 is 16.5 Å². The second-order valence-electron chi connectivity index (χ2n) is 2.25. The fraction of sp³-hybridized carbons (Fsp3) is 1.00. The molecule has 3 atom stereocenters. The van der Waals surface area contributed by atoms with Crippen LogP contribution in [0.1, 0.15) is 12.8 Å². The van der Waals surface area contributed by atoms with Gasteiger partial charge in [0.25, 0.3) is 0 Å². The number of hydrogen-bond donors (Lipinski definition) is 3. The molecule has 0 amide bonds. The molecule has 0 heterocycles. The molecule has 15 heavy (non-hydrogen) atoms. The van der Waals surface area contributed by atoms with Crippen LogP contribution in [0.5, 0.6) is 0 Å². The largest absolute Gasteiger partial charge is 1.00 e. The van der Waals surface area contributed by atoms with Gasteiger partial charge in [0.15, 0.2) is 0 Å². The Labute approximate surface area is 110 Å². The van der Waals surface area contributed by atoms with E-state index in [1.807, 2.05) is 0 Å². The first kappa shape index (κ1) is 18.3. The Bertz CT molecular complexity index is 211. The van der Waals surface area contributed by atoms with E-state index < -0.39 is 22.5 Å². The Kier molecular flexibility index (Phi) is 11.0. The molecule has 0 radical (unpaired) electrons. The summed E-state index contributed by atoms with van der Waals surface area (Å²) in [5.74, 6) is -2.61. The average molecular weight is 269 g/mol. The van der Waals surface area contributed by atoms with Gasteiger partial charge in [-0.15, -0.1) is 4.89 Å². The van der Waals surface area contributed by atoms with Crippen LogP contribution in [-0.2, 0) is 18.2 Å². The molecule has 11 heteroatoms. The fourth-order valence-electron chi connectivity index (χ4n) is 0.672. The molecule has 0 aromatic heterocycles. The molecule has 82 valence electrons. The summed E-state index contributed by atoms with van der Waals surface area (Å²) in [5, 5.41) is 9.26. The zero-order valence-corrected chi connectivity index (χ0v) is 11.8. The van der Waals surface area contributed by atoms with Gasteiger partial charge in [-0.1, -0.05) is 4.52 Å². The van der Waals surface area contributed by atoms with Crippen LogP contribution in [-0.4, -0.2) is 22.5 Å². The summed E-state index contributed by atoms with van der Waals surface area (Å²) < 4.78 is 28.3. The van der Waals surface area contributed by atoms with Gasteiger partial charge in [-0.05, 0) is 22.1 Å². The van der Waals surface area contributed by atoms with Gasteiger partial charge in [-0.3, -0.25) is 0 Å². The molecule has 0 aliphatic rings. The number of rotatable bonds is 7. The van der Waals surface area contributed by atoms with Gasteiger partial charge < -0.3 is 15.7 Å². The van der Waals surface area contributed by atoms with Crippen molar-refractivity contribution in [3.05, 3.63) is 0 Å². The summed E-state index contributed by atoms with van der Waals surface area (Å²) in [7, 11) is -6.56. The zero-order valence-electron chi connectivity index (χ0n) is 8.03. The molecule has 0 fully saturated rings. The first-order valence-electron chi connectivity index (χ1n) is 3.51. The van der Waals surface area contributed by atoms with Crippen LogP contribution in [0.15, 0.2) is 0 Å². The summed E-state index contributed by atoms with van der Waals surface area (Å²) in [6.45, 7) is 0.146. The van der Waals surface area contributed by atoms with E-state index >= 15 is 0 Å². The molecule has 0 aliphatic carbocycles. The summed E-state index contributed by atoms with van der Waals surface area (Å²) in [6, 6.07) is 0. The number of aliphatic hydroxyl groups is 1. The van der Waals surface area contributed by atoms with E-state index in [0.29, 0.717) is 0 Å². The standard InChI is InChI=1S/C4H9NO7P2.Na/c5-3-1-2-4(6,11-13(7)8)12-14(9)10;/h6H,1-3,5H2;/q;+1/p+1. The van der Waals surface area contributed by atoms with Gasteiger partial charge in [0.05, 0.1) is 0 Å². The smallest absolute Gasteiger partial charge is 0.566 e. The van der Waals surface area contributed by atoms with Crippen LogP contribution < -0.4 is 40.2 Å². The second-order valence-corrected chi connectivity index (χ2v) is 3.54. The first-order valence-corrected chi connectivity index (χ1v) is 5.73. The molecule has 0 spiro atoms. The van der Waals surface area contributed by atoms with Crippen molar-refractivity contribution in [3.63, 3.8) is 0 Å². The van der Waals surface area contributed by atoms with Crippen molar-refractivity contribution in [1.82, 2.24) is 0 Å². The van der Waals surface area contributed by atoms with E-state index in [1.54, 1.807) is 0 Å². The van der Waals surface area contributed by atoms with Gasteiger partial charge in [-0.25, -0.2) is 0 Å². The van der Waals surface area contributed by atoms with Crippen LogP contribution >= 0.6 is 16.5 Å². The Balaban J connectivity index is 0. The maximum Gasteiger partial charge on any atom is 1.00 e. The maximum atomic E-state index is 10.2. The molecule has 0 rings (SSSR count). The summed E-state index contributed by atoms with van der Waals surface area (Å²) in [4.78, 5) is 18.4. The third-order valence-corrected chi connectivity index (χ3v) is 2.01. The van der Waals surface area contributed by atoms with E-state index in [1.165, 1.54) is 0 Å². The predicted molar refractivity (Wildman–Crippen MR) is 42.8 cm³/mol. The van der Waals surface area contributed by atoms with Crippen molar-refractivity contribution in [2.45, 2.75) is 18.8 Å². The van der Waals surface area contributed by atoms with Gasteiger partial charge in [0.1, 0.15) is 0 Å². The minimum absolute atomic E-state index is 0. The van der Waals surface area contributed by atoms with Crippen LogP contribution in [0, 0.1) is 0 Å². The van der Waals surface area contributed by atoms with E-state index in [-0.39, 0.29) is 48.9 Å². The Morgan fingerprint density at radius 2 is 1.93 bits per heavy atom. The van der Waals surface area contributed by atoms with Crippen LogP contribution in [0.25, 0.3) is 0 Å². The molecule has 3 unspecified atom stereocenters. The molecular formula is C4H10NNaO7P2+2. The van der Waals surface area contributed by atoms with Gasteiger partial charge in [0.2, 0.25) is 0 Å². The molecule has 8 nitrogen and oxygen atoms in total. The minimum Gasteiger partial charge on any atom is -0.566 e. The van der Waals surface area contributed by atoms with Gasteiger partial charge in [-0.2, -0.15) is 0 Å². The Hall–Kier alpha value is 0.960. The minimum atomic E-state index is -3.39. The third-order valence-electron chi connectivity index (χ3n) is 1.13. The molecule has 0 bridgehead atoms. The summed E-state index contributed by atoms with van der Waals surface area (Å²) >= 11 is 0. The van der Waals surface area contributed by atoms with E-state index in [9.17, 15) is 19.1 Å². The second kappa shape index (κ2) is 9.04. The third kappa shape index (κ3) is 9.86. The first-order chi connectivity index (χ1) is 6.39. The SMILES string of the molecule is NCCCC(O)(O[P+](=O)[O-])O[P+](=O)O.[Na+]. The monoisotopic (exact) mass is 269 g/mol. The molecule has 0 saturated carbocycles. The van der Waals surface area contributed by atoms with Crippen molar-refractivity contribution in [1.29, 1.82) is 0 Å². The van der Waals surface area contributed by atoms with Crippen LogP contribution in [0.2, 0.25) is 0 Å². The molecule has 0 aliphatic heterocycles. The van der Waals surface area contributed by atoms with Crippen molar-refractivity contribution in [3.8, 4) is 0 Å². The van der Waals surface area contributed by atoms with Crippen molar-refractivity contribution < 1.29 is 62.6 Å². The van der Waals surface area contributed by atoms with Gasteiger partial charge >= 0.3 is 52.0 Å². The Morgan fingerprint density at radius 3 is 2.27 bits per heavy atom. The quantitative estimate of drug-likeness (QED) is 0.241. The average Bonchev–Trinajstić information content (AvgIpc) is 1.97. The molecule has 0 aromatic carbocycles. The molecule has 0 saturated heterocycles. The van der Waals surface area contributed by atoms with E-state index in [2.05, 4.69) is 9.05 Å². The normalized spacial score (nSPS) is 16.3. The maximum absolute atomic E-state index is 10.2. The fourth-order valence-corrected chi connectivity index (χ4v) is 1.46. The topological polar surface area (TPSA) is 142 Å². The molecular weight excluding hydrogens is 259 g/mol. The predicted octanol–water partition coefficient (Wildman–Crippen LogP) is -3.92. The Morgan fingerprint density at radius 1 is 1.40 bits per heavy atom. The van der Waals surface area contributed by atoms with E-state index in [4.69, 9.17) is 10.6 Å². The van der Waals surface area contributed by atoms with Crippen LogP contribution in [0.3, 0.4) is 0 Å². The van der Waals surface area contributed by atoms with Crippen molar-refractivity contribution in [2.24, 2.45) is 5.73 Å². The van der Waals surface area contributed by atoms with E-state index in [0.717, 1.165) is 0 Å². The number of hydrogen-bond acceptors (Lipinski definition) is 7. The van der Waals surface area contributed by atoms with Crippen LogP contribution in [0.4, 0.5) is 0 Å². The molecule has 0 aromatic rings. The summed E-state index contributed by atoms with van der Waals surface area (Å²) in [6.07, 6.45) is -0.155. The number of nitrogens with two attached hydrogens (primary N) is 1. The van der Waals surface area contributed by atoms with Crippen molar-refractivity contribution in [2.75, 3.05) is 6.54 Å². The zero-order chi connectivity index (χ0) is 11.2. The summed E-state index contributed by atoms with van der Waals surface area (Å²) in [5.41, 5.74) is 5.09.